The zero-order chi connectivity index (χ0) is 12.6. The van der Waals surface area contributed by atoms with Crippen LogP contribution in [0.4, 0.5) is 13.2 Å². The van der Waals surface area contributed by atoms with E-state index in [1.54, 1.807) is 24.3 Å². The first-order valence-electron chi connectivity index (χ1n) is 5.78. The fraction of sp³-hybridized carbons (Fsp3) is 0.538. The van der Waals surface area contributed by atoms with Gasteiger partial charge in [-0.3, -0.25) is 4.90 Å². The summed E-state index contributed by atoms with van der Waals surface area (Å²) in [6.45, 7) is 4.54. The molecule has 0 spiro atoms. The molecule has 1 unspecified atom stereocenters. The number of benzene rings is 1. The van der Waals surface area contributed by atoms with Gasteiger partial charge in [0.05, 0.1) is 5.92 Å². The highest BCUT2D eigenvalue weighted by Gasteiger charge is 2.44. The largest absolute Gasteiger partial charge is 0.396 e. The Kier molecular flexibility index (Phi) is 3.17. The van der Waals surface area contributed by atoms with E-state index in [0.717, 1.165) is 5.56 Å². The molecular weight excluding hydrogens is 227 g/mol. The number of fused-ring (bicyclic) bond motifs is 1. The second-order valence-electron chi connectivity index (χ2n) is 4.82. The number of hydrogen-bond acceptors (Lipinski definition) is 1. The Morgan fingerprint density at radius 2 is 1.88 bits per heavy atom. The molecule has 1 aromatic rings. The van der Waals surface area contributed by atoms with Gasteiger partial charge in [0.1, 0.15) is 0 Å². The Morgan fingerprint density at radius 1 is 1.24 bits per heavy atom. The van der Waals surface area contributed by atoms with E-state index >= 15 is 0 Å². The van der Waals surface area contributed by atoms with Gasteiger partial charge in [0.15, 0.2) is 0 Å². The van der Waals surface area contributed by atoms with Gasteiger partial charge in [0.2, 0.25) is 0 Å². The molecule has 0 saturated heterocycles. The van der Waals surface area contributed by atoms with Crippen LogP contribution in [-0.4, -0.2) is 23.7 Å². The van der Waals surface area contributed by atoms with Gasteiger partial charge in [-0.15, -0.1) is 0 Å². The maximum Gasteiger partial charge on any atom is 0.396 e. The Balaban J connectivity index is 2.39. The average molecular weight is 243 g/mol. The summed E-state index contributed by atoms with van der Waals surface area (Å²) < 4.78 is 39.1. The van der Waals surface area contributed by atoms with Crippen LogP contribution in [0.25, 0.3) is 0 Å². The van der Waals surface area contributed by atoms with Crippen molar-refractivity contribution in [3.05, 3.63) is 35.4 Å². The normalized spacial score (nSPS) is 21.6. The number of hydrogen-bond donors (Lipinski definition) is 0. The minimum absolute atomic E-state index is 0.0676. The van der Waals surface area contributed by atoms with Crippen LogP contribution < -0.4 is 0 Å². The second kappa shape index (κ2) is 4.33. The molecule has 1 aliphatic rings. The summed E-state index contributed by atoms with van der Waals surface area (Å²) in [7, 11) is 0. The van der Waals surface area contributed by atoms with Crippen LogP contribution in [0.3, 0.4) is 0 Å². The van der Waals surface area contributed by atoms with Crippen molar-refractivity contribution in [1.29, 1.82) is 0 Å². The SMILES string of the molecule is CC(C)N1Cc2ccccc2C(C(F)(F)F)C1. The summed E-state index contributed by atoms with van der Waals surface area (Å²) in [5, 5.41) is 0. The lowest BCUT2D eigenvalue weighted by atomic mass is 9.88. The van der Waals surface area contributed by atoms with Crippen molar-refractivity contribution in [3.63, 3.8) is 0 Å². The molecule has 1 aliphatic heterocycles. The zero-order valence-electron chi connectivity index (χ0n) is 9.96. The molecule has 0 aromatic heterocycles. The average Bonchev–Trinajstić information content (AvgIpc) is 2.26. The number of rotatable bonds is 1. The van der Waals surface area contributed by atoms with Gasteiger partial charge in [-0.2, -0.15) is 13.2 Å². The van der Waals surface area contributed by atoms with Crippen LogP contribution >= 0.6 is 0 Å². The molecule has 0 aliphatic carbocycles. The number of halogens is 3. The maximum atomic E-state index is 13.0. The minimum atomic E-state index is -4.16. The van der Waals surface area contributed by atoms with Crippen molar-refractivity contribution in [2.75, 3.05) is 6.54 Å². The topological polar surface area (TPSA) is 3.24 Å². The van der Waals surface area contributed by atoms with Gasteiger partial charge in [-0.05, 0) is 25.0 Å². The summed E-state index contributed by atoms with van der Waals surface area (Å²) in [6, 6.07) is 7.01. The lowest BCUT2D eigenvalue weighted by molar-refractivity contribution is -0.158. The summed E-state index contributed by atoms with van der Waals surface area (Å²) in [5.41, 5.74) is 1.24. The first-order valence-corrected chi connectivity index (χ1v) is 5.78. The molecule has 94 valence electrons. The van der Waals surface area contributed by atoms with Gasteiger partial charge in [-0.25, -0.2) is 0 Å². The molecular formula is C13H16F3N. The third kappa shape index (κ3) is 2.46. The first kappa shape index (κ1) is 12.4. The second-order valence-corrected chi connectivity index (χ2v) is 4.82. The Morgan fingerprint density at radius 3 is 2.47 bits per heavy atom. The molecule has 0 radical (unpaired) electrons. The molecule has 1 aromatic carbocycles. The summed E-state index contributed by atoms with van der Waals surface area (Å²) in [5.74, 6) is -1.35. The van der Waals surface area contributed by atoms with Crippen molar-refractivity contribution >= 4 is 0 Å². The lowest BCUT2D eigenvalue weighted by Gasteiger charge is -2.37. The van der Waals surface area contributed by atoms with E-state index < -0.39 is 12.1 Å². The summed E-state index contributed by atoms with van der Waals surface area (Å²) in [6.07, 6.45) is -4.16. The molecule has 0 N–H and O–H groups in total. The molecule has 0 fully saturated rings. The van der Waals surface area contributed by atoms with Crippen molar-refractivity contribution < 1.29 is 13.2 Å². The fourth-order valence-electron chi connectivity index (χ4n) is 2.31. The van der Waals surface area contributed by atoms with Crippen molar-refractivity contribution in [1.82, 2.24) is 4.90 Å². The molecule has 4 heteroatoms. The van der Waals surface area contributed by atoms with Crippen LogP contribution in [0.5, 0.6) is 0 Å². The number of alkyl halides is 3. The van der Waals surface area contributed by atoms with Crippen molar-refractivity contribution in [2.45, 2.75) is 38.5 Å². The minimum Gasteiger partial charge on any atom is -0.296 e. The molecule has 0 bridgehead atoms. The van der Waals surface area contributed by atoms with Gasteiger partial charge in [0, 0.05) is 19.1 Å². The molecule has 1 nitrogen and oxygen atoms in total. The predicted octanol–water partition coefficient (Wildman–Crippen LogP) is 3.56. The first-order chi connectivity index (χ1) is 7.89. The highest BCUT2D eigenvalue weighted by atomic mass is 19.4. The van der Waals surface area contributed by atoms with Gasteiger partial charge in [-0.1, -0.05) is 24.3 Å². The highest BCUT2D eigenvalue weighted by molar-refractivity contribution is 5.34. The van der Waals surface area contributed by atoms with E-state index in [1.165, 1.54) is 0 Å². The van der Waals surface area contributed by atoms with E-state index in [-0.39, 0.29) is 12.6 Å². The standard InChI is InChI=1S/C13H16F3N/c1-9(2)17-7-10-5-3-4-6-11(10)12(8-17)13(14,15)16/h3-6,9,12H,7-8H2,1-2H3. The molecule has 17 heavy (non-hydrogen) atoms. The van der Waals surface area contributed by atoms with Crippen LogP contribution in [-0.2, 0) is 6.54 Å². The van der Waals surface area contributed by atoms with E-state index in [9.17, 15) is 13.2 Å². The number of nitrogens with zero attached hydrogens (tertiary/aromatic N) is 1. The van der Waals surface area contributed by atoms with Crippen LogP contribution in [0, 0.1) is 0 Å². The maximum absolute atomic E-state index is 13.0. The van der Waals surface area contributed by atoms with E-state index in [0.29, 0.717) is 12.1 Å². The van der Waals surface area contributed by atoms with Crippen LogP contribution in [0.1, 0.15) is 30.9 Å². The Labute approximate surface area is 99.2 Å². The summed E-state index contributed by atoms with van der Waals surface area (Å²) in [4.78, 5) is 1.88. The molecule has 2 rings (SSSR count). The molecule has 1 atom stereocenters. The third-order valence-electron chi connectivity index (χ3n) is 3.35. The molecule has 1 heterocycles. The van der Waals surface area contributed by atoms with Gasteiger partial charge >= 0.3 is 6.18 Å². The van der Waals surface area contributed by atoms with Gasteiger partial charge in [0.25, 0.3) is 0 Å². The molecule has 0 amide bonds. The fourth-order valence-corrected chi connectivity index (χ4v) is 2.31. The lowest BCUT2D eigenvalue weighted by Crippen LogP contribution is -2.42. The Hall–Kier alpha value is -1.03. The quantitative estimate of drug-likeness (QED) is 0.729. The molecule has 0 saturated carbocycles. The summed E-state index contributed by atoms with van der Waals surface area (Å²) >= 11 is 0. The van der Waals surface area contributed by atoms with E-state index in [2.05, 4.69) is 0 Å². The van der Waals surface area contributed by atoms with Gasteiger partial charge < -0.3 is 0 Å². The highest BCUT2D eigenvalue weighted by Crippen LogP contribution is 2.40. The van der Waals surface area contributed by atoms with Crippen molar-refractivity contribution in [2.24, 2.45) is 0 Å². The van der Waals surface area contributed by atoms with Crippen LogP contribution in [0.2, 0.25) is 0 Å². The van der Waals surface area contributed by atoms with Crippen molar-refractivity contribution in [3.8, 4) is 0 Å². The smallest absolute Gasteiger partial charge is 0.296 e. The van der Waals surface area contributed by atoms with Crippen LogP contribution in [0.15, 0.2) is 24.3 Å². The predicted molar refractivity (Wildman–Crippen MR) is 60.8 cm³/mol. The zero-order valence-corrected chi connectivity index (χ0v) is 9.96. The monoisotopic (exact) mass is 243 g/mol. The van der Waals surface area contributed by atoms with E-state index in [1.807, 2.05) is 18.7 Å². The Bertz CT molecular complexity index is 398. The third-order valence-corrected chi connectivity index (χ3v) is 3.35. The van der Waals surface area contributed by atoms with E-state index in [4.69, 9.17) is 0 Å².